The predicted molar refractivity (Wildman–Crippen MR) is 95.2 cm³/mol. The Balaban J connectivity index is 2.02. The van der Waals surface area contributed by atoms with E-state index < -0.39 is 17.8 Å². The van der Waals surface area contributed by atoms with Gasteiger partial charge in [0, 0.05) is 24.4 Å². The van der Waals surface area contributed by atoms with E-state index in [1.54, 1.807) is 50.1 Å². The zero-order valence-corrected chi connectivity index (χ0v) is 14.8. The number of carbonyl (C=O) groups excluding carboxylic acids is 1. The molecule has 0 unspecified atom stereocenters. The lowest BCUT2D eigenvalue weighted by Gasteiger charge is -2.35. The van der Waals surface area contributed by atoms with Crippen molar-refractivity contribution in [2.75, 3.05) is 12.4 Å². The minimum absolute atomic E-state index is 0.297. The van der Waals surface area contributed by atoms with Crippen LogP contribution in [0.5, 0.6) is 0 Å². The number of allylic oxidation sites excluding steroid dienone is 1. The monoisotopic (exact) mass is 360 g/mol. The lowest BCUT2D eigenvalue weighted by molar-refractivity contribution is -0.113. The average Bonchev–Trinajstić information content (AvgIpc) is 2.97. The quantitative estimate of drug-likeness (QED) is 0.821. The Labute approximate surface area is 149 Å². The highest BCUT2D eigenvalue weighted by atomic mass is 32.1. The molecule has 1 aliphatic heterocycles. The third kappa shape index (κ3) is 3.25. The molecule has 1 atom stereocenters. The molecule has 0 saturated carbocycles. The van der Waals surface area contributed by atoms with Crippen LogP contribution in [0, 0.1) is 12.7 Å². The molecule has 25 heavy (non-hydrogen) atoms. The first-order valence-corrected chi connectivity index (χ1v) is 8.03. The number of amides is 1. The Morgan fingerprint density at radius 3 is 2.76 bits per heavy atom. The van der Waals surface area contributed by atoms with E-state index in [2.05, 4.69) is 15.8 Å². The number of nitrogens with zero attached hydrogens (tertiary/aromatic N) is 2. The highest BCUT2D eigenvalue weighted by Crippen LogP contribution is 2.32. The number of aromatic nitrogens is 1. The van der Waals surface area contributed by atoms with E-state index in [0.29, 0.717) is 33.5 Å². The van der Waals surface area contributed by atoms with Crippen LogP contribution in [0.3, 0.4) is 0 Å². The molecule has 6 nitrogen and oxygen atoms in total. The van der Waals surface area contributed by atoms with E-state index in [-0.39, 0.29) is 0 Å². The van der Waals surface area contributed by atoms with Crippen molar-refractivity contribution >= 4 is 29.1 Å². The maximum absolute atomic E-state index is 14.3. The summed E-state index contributed by atoms with van der Waals surface area (Å²) in [6.07, 6.45) is 0. The summed E-state index contributed by atoms with van der Waals surface area (Å²) < 4.78 is 19.3. The molecular weight excluding hydrogens is 343 g/mol. The van der Waals surface area contributed by atoms with Crippen molar-refractivity contribution in [3.05, 3.63) is 58.7 Å². The highest BCUT2D eigenvalue weighted by Gasteiger charge is 2.34. The molecule has 0 aliphatic carbocycles. The maximum atomic E-state index is 14.3. The van der Waals surface area contributed by atoms with Gasteiger partial charge in [0.1, 0.15) is 11.6 Å². The normalized spacial score (nSPS) is 17.5. The Kier molecular flexibility index (Phi) is 4.54. The summed E-state index contributed by atoms with van der Waals surface area (Å²) in [5.41, 5.74) is 1.34. The van der Waals surface area contributed by atoms with Gasteiger partial charge >= 0.3 is 0 Å². The molecule has 3 rings (SSSR count). The van der Waals surface area contributed by atoms with Crippen LogP contribution < -0.4 is 10.6 Å². The van der Waals surface area contributed by atoms with E-state index >= 15 is 0 Å². The van der Waals surface area contributed by atoms with Crippen molar-refractivity contribution in [2.24, 2.45) is 0 Å². The number of thiocarbonyl (C=S) groups is 1. The first-order valence-electron chi connectivity index (χ1n) is 7.62. The number of anilines is 1. The molecule has 1 aromatic carbocycles. The van der Waals surface area contributed by atoms with E-state index in [4.69, 9.17) is 16.7 Å². The Morgan fingerprint density at radius 2 is 2.12 bits per heavy atom. The minimum atomic E-state index is -0.696. The predicted octanol–water partition coefficient (Wildman–Crippen LogP) is 2.90. The van der Waals surface area contributed by atoms with Crippen LogP contribution in [0.4, 0.5) is 10.2 Å². The number of halogens is 1. The number of hydrogen-bond donors (Lipinski definition) is 2. The van der Waals surface area contributed by atoms with Crippen molar-refractivity contribution in [3.8, 4) is 0 Å². The number of nitrogens with one attached hydrogen (secondary N) is 2. The standard InChI is InChI=1S/C17H17FN4O2S/c1-9-8-13(21-24-9)19-16(23)14-10(2)22(3)17(25)20-15(14)11-6-4-5-7-12(11)18/h4-8,15H,1-3H3,(H,20,25)(H,19,21,23)/t15-/m0/s1. The summed E-state index contributed by atoms with van der Waals surface area (Å²) in [5, 5.41) is 9.89. The lowest BCUT2D eigenvalue weighted by atomic mass is 9.94. The molecule has 0 fully saturated rings. The second-order valence-corrected chi connectivity index (χ2v) is 6.13. The number of hydrogen-bond acceptors (Lipinski definition) is 4. The van der Waals surface area contributed by atoms with Gasteiger partial charge in [0.2, 0.25) is 0 Å². The van der Waals surface area contributed by atoms with Crippen LogP contribution in [0.15, 0.2) is 46.1 Å². The number of aryl methyl sites for hydroxylation is 1. The van der Waals surface area contributed by atoms with Crippen LogP contribution >= 0.6 is 12.2 Å². The number of benzene rings is 1. The topological polar surface area (TPSA) is 70.4 Å². The van der Waals surface area contributed by atoms with Gasteiger partial charge in [-0.2, -0.15) is 0 Å². The van der Waals surface area contributed by atoms with Crippen molar-refractivity contribution in [2.45, 2.75) is 19.9 Å². The van der Waals surface area contributed by atoms with Crippen molar-refractivity contribution in [1.82, 2.24) is 15.4 Å². The number of carbonyl (C=O) groups is 1. The Hall–Kier alpha value is -2.74. The van der Waals surface area contributed by atoms with Crippen molar-refractivity contribution < 1.29 is 13.7 Å². The average molecular weight is 360 g/mol. The first-order chi connectivity index (χ1) is 11.9. The van der Waals surface area contributed by atoms with Crippen molar-refractivity contribution in [3.63, 3.8) is 0 Å². The zero-order chi connectivity index (χ0) is 18.1. The van der Waals surface area contributed by atoms with Crippen LogP contribution in [0.2, 0.25) is 0 Å². The van der Waals surface area contributed by atoms with Gasteiger partial charge in [-0.25, -0.2) is 4.39 Å². The Morgan fingerprint density at radius 1 is 1.40 bits per heavy atom. The third-order valence-electron chi connectivity index (χ3n) is 4.08. The van der Waals surface area contributed by atoms with E-state index in [1.165, 1.54) is 6.07 Å². The van der Waals surface area contributed by atoms with Gasteiger partial charge in [0.05, 0.1) is 11.6 Å². The van der Waals surface area contributed by atoms with Crippen LogP contribution in [0.25, 0.3) is 0 Å². The molecule has 2 N–H and O–H groups in total. The van der Waals surface area contributed by atoms with Crippen LogP contribution in [-0.4, -0.2) is 28.1 Å². The lowest BCUT2D eigenvalue weighted by Crippen LogP contribution is -2.46. The molecule has 1 aliphatic rings. The molecule has 2 heterocycles. The fourth-order valence-corrected chi connectivity index (χ4v) is 2.94. The van der Waals surface area contributed by atoms with Gasteiger partial charge in [-0.15, -0.1) is 0 Å². The van der Waals surface area contributed by atoms with Crippen molar-refractivity contribution in [1.29, 1.82) is 0 Å². The van der Waals surface area contributed by atoms with Gasteiger partial charge in [0.15, 0.2) is 10.9 Å². The first kappa shape index (κ1) is 17.1. The molecule has 130 valence electrons. The molecule has 8 heteroatoms. The Bertz CT molecular complexity index is 877. The summed E-state index contributed by atoms with van der Waals surface area (Å²) in [4.78, 5) is 14.5. The highest BCUT2D eigenvalue weighted by molar-refractivity contribution is 7.80. The molecule has 0 radical (unpaired) electrons. The van der Waals surface area contributed by atoms with Gasteiger partial charge < -0.3 is 20.1 Å². The van der Waals surface area contributed by atoms with E-state index in [0.717, 1.165) is 0 Å². The molecule has 2 aromatic rings. The summed E-state index contributed by atoms with van der Waals surface area (Å²) in [6, 6.07) is 7.20. The molecule has 0 spiro atoms. The summed E-state index contributed by atoms with van der Waals surface area (Å²) in [7, 11) is 1.75. The minimum Gasteiger partial charge on any atom is -0.360 e. The largest absolute Gasteiger partial charge is 0.360 e. The number of rotatable bonds is 3. The molecule has 1 aromatic heterocycles. The fourth-order valence-electron chi connectivity index (χ4n) is 2.68. The van der Waals surface area contributed by atoms with Crippen LogP contribution in [-0.2, 0) is 4.79 Å². The summed E-state index contributed by atoms with van der Waals surface area (Å²) in [5.74, 6) is 0.0567. The molecular formula is C17H17FN4O2S. The second kappa shape index (κ2) is 6.64. The third-order valence-corrected chi connectivity index (χ3v) is 4.48. The van der Waals surface area contributed by atoms with Gasteiger partial charge in [-0.1, -0.05) is 23.4 Å². The van der Waals surface area contributed by atoms with E-state index in [9.17, 15) is 9.18 Å². The van der Waals surface area contributed by atoms with Gasteiger partial charge in [-0.3, -0.25) is 4.79 Å². The van der Waals surface area contributed by atoms with Crippen LogP contribution in [0.1, 0.15) is 24.3 Å². The summed E-state index contributed by atoms with van der Waals surface area (Å²) in [6.45, 7) is 3.49. The fraction of sp³-hybridized carbons (Fsp3) is 0.235. The zero-order valence-electron chi connectivity index (χ0n) is 14.0. The summed E-state index contributed by atoms with van der Waals surface area (Å²) >= 11 is 5.30. The molecule has 0 bridgehead atoms. The van der Waals surface area contributed by atoms with E-state index in [1.807, 2.05) is 0 Å². The second-order valence-electron chi connectivity index (χ2n) is 5.74. The molecule has 1 amide bonds. The van der Waals surface area contributed by atoms with Gasteiger partial charge in [0.25, 0.3) is 5.91 Å². The smallest absolute Gasteiger partial charge is 0.257 e. The van der Waals surface area contributed by atoms with Gasteiger partial charge in [-0.05, 0) is 32.1 Å². The SMILES string of the molecule is CC1=C(C(=O)Nc2cc(C)on2)[C@H](c2ccccc2F)NC(=S)N1C. The maximum Gasteiger partial charge on any atom is 0.257 e. The molecule has 0 saturated heterocycles.